The van der Waals surface area contributed by atoms with Crippen molar-refractivity contribution in [3.63, 3.8) is 0 Å². The van der Waals surface area contributed by atoms with Gasteiger partial charge < -0.3 is 10.1 Å². The van der Waals surface area contributed by atoms with Crippen LogP contribution < -0.4 is 10.1 Å². The predicted molar refractivity (Wildman–Crippen MR) is 90.9 cm³/mol. The topological polar surface area (TPSA) is 81.2 Å². The molecule has 7 heteroatoms. The highest BCUT2D eigenvalue weighted by atomic mass is 32.2. The molecular weight excluding hydrogens is 326 g/mol. The van der Waals surface area contributed by atoms with Crippen LogP contribution in [0, 0.1) is 5.92 Å². The standard InChI is InChI=1S/C17H19N3O3S/c21-24(22)6-5-12(10-24)8-18-17-14-7-13-3-1-2-4-16(13)23-9-15(14)19-11-20-17/h1-4,11-12H,5-10H2,(H,18,19,20)/t12-/m0/s1. The molecule has 3 heterocycles. The van der Waals surface area contributed by atoms with Crippen LogP contribution in [0.5, 0.6) is 5.75 Å². The Balaban J connectivity index is 1.56. The van der Waals surface area contributed by atoms with Gasteiger partial charge in [0, 0.05) is 18.5 Å². The molecule has 1 atom stereocenters. The monoisotopic (exact) mass is 345 g/mol. The lowest BCUT2D eigenvalue weighted by atomic mass is 10.0. The van der Waals surface area contributed by atoms with Gasteiger partial charge in [-0.25, -0.2) is 18.4 Å². The van der Waals surface area contributed by atoms with E-state index in [1.807, 2.05) is 24.3 Å². The minimum Gasteiger partial charge on any atom is -0.487 e. The van der Waals surface area contributed by atoms with Gasteiger partial charge in [0.05, 0.1) is 17.2 Å². The summed E-state index contributed by atoms with van der Waals surface area (Å²) in [5.74, 6) is 2.37. The maximum Gasteiger partial charge on any atom is 0.150 e. The number of para-hydroxylation sites is 1. The van der Waals surface area contributed by atoms with Gasteiger partial charge in [-0.05, 0) is 24.0 Å². The van der Waals surface area contributed by atoms with Crippen molar-refractivity contribution in [2.75, 3.05) is 23.4 Å². The number of hydrogen-bond donors (Lipinski definition) is 1. The molecule has 0 bridgehead atoms. The molecule has 126 valence electrons. The van der Waals surface area contributed by atoms with E-state index in [4.69, 9.17) is 4.74 Å². The van der Waals surface area contributed by atoms with E-state index in [1.54, 1.807) is 0 Å². The molecular formula is C17H19N3O3S. The van der Waals surface area contributed by atoms with Crippen molar-refractivity contribution in [1.82, 2.24) is 9.97 Å². The summed E-state index contributed by atoms with van der Waals surface area (Å²) in [4.78, 5) is 8.73. The van der Waals surface area contributed by atoms with Crippen molar-refractivity contribution < 1.29 is 13.2 Å². The van der Waals surface area contributed by atoms with Gasteiger partial charge in [-0.3, -0.25) is 0 Å². The van der Waals surface area contributed by atoms with Gasteiger partial charge in [0.25, 0.3) is 0 Å². The third kappa shape index (κ3) is 3.08. The first-order valence-electron chi connectivity index (χ1n) is 8.08. The average Bonchev–Trinajstić information content (AvgIpc) is 2.81. The molecule has 0 amide bonds. The molecule has 2 aromatic rings. The second kappa shape index (κ2) is 6.05. The third-order valence-electron chi connectivity index (χ3n) is 4.62. The van der Waals surface area contributed by atoms with Gasteiger partial charge in [0.2, 0.25) is 0 Å². The van der Waals surface area contributed by atoms with Crippen LogP contribution in [-0.4, -0.2) is 36.4 Å². The van der Waals surface area contributed by atoms with Crippen LogP contribution in [0.25, 0.3) is 0 Å². The summed E-state index contributed by atoms with van der Waals surface area (Å²) < 4.78 is 29.0. The summed E-state index contributed by atoms with van der Waals surface area (Å²) >= 11 is 0. The lowest BCUT2D eigenvalue weighted by Gasteiger charge is -2.14. The van der Waals surface area contributed by atoms with E-state index in [0.29, 0.717) is 31.7 Å². The number of rotatable bonds is 3. The molecule has 1 N–H and O–H groups in total. The third-order valence-corrected chi connectivity index (χ3v) is 6.46. The Morgan fingerprint density at radius 3 is 2.96 bits per heavy atom. The Morgan fingerprint density at radius 2 is 2.12 bits per heavy atom. The van der Waals surface area contributed by atoms with Crippen LogP contribution in [0.4, 0.5) is 5.82 Å². The van der Waals surface area contributed by atoms with Gasteiger partial charge in [0.1, 0.15) is 24.5 Å². The molecule has 0 radical (unpaired) electrons. The molecule has 1 saturated heterocycles. The molecule has 6 nitrogen and oxygen atoms in total. The highest BCUT2D eigenvalue weighted by Crippen LogP contribution is 2.30. The minimum absolute atomic E-state index is 0.148. The highest BCUT2D eigenvalue weighted by Gasteiger charge is 2.28. The smallest absolute Gasteiger partial charge is 0.150 e. The Kier molecular flexibility index (Phi) is 3.88. The number of nitrogens with one attached hydrogen (secondary N) is 1. The van der Waals surface area contributed by atoms with Crippen LogP contribution in [0.15, 0.2) is 30.6 Å². The number of fused-ring (bicyclic) bond motifs is 2. The summed E-state index contributed by atoms with van der Waals surface area (Å²) in [6.45, 7) is 1.03. The predicted octanol–water partition coefficient (Wildman–Crippen LogP) is 1.81. The van der Waals surface area contributed by atoms with E-state index >= 15 is 0 Å². The summed E-state index contributed by atoms with van der Waals surface area (Å²) in [5.41, 5.74) is 3.02. The van der Waals surface area contributed by atoms with Crippen molar-refractivity contribution in [1.29, 1.82) is 0 Å². The quantitative estimate of drug-likeness (QED) is 0.914. The SMILES string of the molecule is O=S1(=O)CC[C@@H](CNc2ncnc3c2Cc2ccccc2OC3)C1. The summed E-state index contributed by atoms with van der Waals surface area (Å²) in [6, 6.07) is 7.96. The van der Waals surface area contributed by atoms with Crippen LogP contribution in [-0.2, 0) is 22.9 Å². The second-order valence-electron chi connectivity index (χ2n) is 6.37. The number of sulfone groups is 1. The van der Waals surface area contributed by atoms with Crippen LogP contribution in [0.3, 0.4) is 0 Å². The molecule has 1 aromatic carbocycles. The number of ether oxygens (including phenoxy) is 1. The Labute approximate surface area is 141 Å². The summed E-state index contributed by atoms with van der Waals surface area (Å²) in [5, 5.41) is 3.34. The molecule has 1 fully saturated rings. The van der Waals surface area contributed by atoms with E-state index in [1.165, 1.54) is 6.33 Å². The van der Waals surface area contributed by atoms with Crippen molar-refractivity contribution in [3.8, 4) is 5.75 Å². The molecule has 24 heavy (non-hydrogen) atoms. The number of aromatic nitrogens is 2. The number of anilines is 1. The van der Waals surface area contributed by atoms with Crippen molar-refractivity contribution in [2.45, 2.75) is 19.4 Å². The van der Waals surface area contributed by atoms with Crippen LogP contribution in [0.2, 0.25) is 0 Å². The first-order chi connectivity index (χ1) is 11.6. The largest absolute Gasteiger partial charge is 0.487 e. The Bertz CT molecular complexity index is 867. The molecule has 0 spiro atoms. The first-order valence-corrected chi connectivity index (χ1v) is 9.90. The Hall–Kier alpha value is -2.15. The molecule has 4 rings (SSSR count). The first kappa shape index (κ1) is 15.4. The fourth-order valence-electron chi connectivity index (χ4n) is 3.31. The van der Waals surface area contributed by atoms with Crippen molar-refractivity contribution in [2.24, 2.45) is 5.92 Å². The molecule has 0 aliphatic carbocycles. The fourth-order valence-corrected chi connectivity index (χ4v) is 5.17. The molecule has 0 saturated carbocycles. The zero-order valence-electron chi connectivity index (χ0n) is 13.2. The maximum absolute atomic E-state index is 11.6. The van der Waals surface area contributed by atoms with Crippen LogP contribution in [0.1, 0.15) is 23.2 Å². The Morgan fingerprint density at radius 1 is 1.25 bits per heavy atom. The average molecular weight is 345 g/mol. The lowest BCUT2D eigenvalue weighted by Crippen LogP contribution is -2.18. The number of hydrogen-bond acceptors (Lipinski definition) is 6. The zero-order chi connectivity index (χ0) is 16.6. The molecule has 2 aliphatic rings. The number of benzene rings is 1. The van der Waals surface area contributed by atoms with E-state index in [2.05, 4.69) is 15.3 Å². The van der Waals surface area contributed by atoms with E-state index in [9.17, 15) is 8.42 Å². The van der Waals surface area contributed by atoms with E-state index in [-0.39, 0.29) is 11.7 Å². The fraction of sp³-hybridized carbons (Fsp3) is 0.412. The minimum atomic E-state index is -2.86. The van der Waals surface area contributed by atoms with E-state index < -0.39 is 9.84 Å². The second-order valence-corrected chi connectivity index (χ2v) is 8.60. The van der Waals surface area contributed by atoms with Gasteiger partial charge in [-0.15, -0.1) is 0 Å². The van der Waals surface area contributed by atoms with Crippen molar-refractivity contribution >= 4 is 15.7 Å². The van der Waals surface area contributed by atoms with Gasteiger partial charge in [-0.2, -0.15) is 0 Å². The normalized spacial score (nSPS) is 21.2. The molecule has 0 unspecified atom stereocenters. The van der Waals surface area contributed by atoms with Crippen LogP contribution >= 0.6 is 0 Å². The van der Waals surface area contributed by atoms with Crippen molar-refractivity contribution in [3.05, 3.63) is 47.4 Å². The zero-order valence-corrected chi connectivity index (χ0v) is 14.1. The molecule has 1 aromatic heterocycles. The van der Waals surface area contributed by atoms with Gasteiger partial charge in [-0.1, -0.05) is 18.2 Å². The summed E-state index contributed by atoms with van der Waals surface area (Å²) in [7, 11) is -2.86. The van der Waals surface area contributed by atoms with E-state index in [0.717, 1.165) is 28.4 Å². The lowest BCUT2D eigenvalue weighted by molar-refractivity contribution is 0.302. The van der Waals surface area contributed by atoms with Gasteiger partial charge in [0.15, 0.2) is 9.84 Å². The molecule has 2 aliphatic heterocycles. The highest BCUT2D eigenvalue weighted by molar-refractivity contribution is 7.91. The summed E-state index contributed by atoms with van der Waals surface area (Å²) in [6.07, 6.45) is 2.96. The number of nitrogens with zero attached hydrogens (tertiary/aromatic N) is 2. The maximum atomic E-state index is 11.6. The van der Waals surface area contributed by atoms with Gasteiger partial charge >= 0.3 is 0 Å².